The van der Waals surface area contributed by atoms with E-state index in [-0.39, 0.29) is 35.5 Å². The summed E-state index contributed by atoms with van der Waals surface area (Å²) in [6.45, 7) is -0.936. The number of carbonyl (C=O) groups excluding carboxylic acids is 4. The summed E-state index contributed by atoms with van der Waals surface area (Å²) in [5.41, 5.74) is 0.483. The molecule has 1 heterocycles. The van der Waals surface area contributed by atoms with E-state index in [1.165, 1.54) is 0 Å². The van der Waals surface area contributed by atoms with Gasteiger partial charge < -0.3 is 10.1 Å². The second-order valence-electron chi connectivity index (χ2n) is 7.37. The van der Waals surface area contributed by atoms with Gasteiger partial charge in [-0.25, -0.2) is 0 Å². The lowest BCUT2D eigenvalue weighted by molar-refractivity contribution is -0.154. The predicted molar refractivity (Wildman–Crippen MR) is 95.6 cm³/mol. The predicted octanol–water partition coefficient (Wildman–Crippen LogP) is 1.85. The van der Waals surface area contributed by atoms with Crippen LogP contribution < -0.4 is 5.32 Å². The summed E-state index contributed by atoms with van der Waals surface area (Å²) in [6.07, 6.45) is 2.90. The first-order valence-corrected chi connectivity index (χ1v) is 9.38. The molecule has 3 amide bonds. The number of rotatable bonds is 5. The second-order valence-corrected chi connectivity index (χ2v) is 7.80. The Balaban J connectivity index is 1.29. The molecule has 4 rings (SSSR count). The number of carbonyl (C=O) groups is 4. The van der Waals surface area contributed by atoms with Gasteiger partial charge in [0, 0.05) is 10.7 Å². The number of ether oxygens (including phenoxy) is 1. The molecule has 1 N–H and O–H groups in total. The van der Waals surface area contributed by atoms with E-state index in [1.807, 2.05) is 0 Å². The summed E-state index contributed by atoms with van der Waals surface area (Å²) in [5, 5.41) is 3.02. The zero-order valence-electron chi connectivity index (χ0n) is 14.5. The number of halogens is 1. The van der Waals surface area contributed by atoms with E-state index in [4.69, 9.17) is 16.3 Å². The number of nitrogens with zero attached hydrogens (tertiary/aromatic N) is 1. The lowest BCUT2D eigenvalue weighted by atomic mass is 9.81. The number of hydrogen-bond acceptors (Lipinski definition) is 5. The molecule has 8 heteroatoms. The third kappa shape index (κ3) is 3.32. The van der Waals surface area contributed by atoms with Crippen molar-refractivity contribution in [1.29, 1.82) is 0 Å². The van der Waals surface area contributed by atoms with Crippen molar-refractivity contribution in [3.63, 3.8) is 0 Å². The van der Waals surface area contributed by atoms with Crippen molar-refractivity contribution in [2.75, 3.05) is 18.5 Å². The third-order valence-corrected chi connectivity index (χ3v) is 6.01. The average molecular weight is 391 g/mol. The van der Waals surface area contributed by atoms with Crippen LogP contribution in [0.15, 0.2) is 24.3 Å². The van der Waals surface area contributed by atoms with Crippen molar-refractivity contribution >= 4 is 41.0 Å². The normalized spacial score (nSPS) is 28.4. The van der Waals surface area contributed by atoms with Crippen LogP contribution in [-0.2, 0) is 23.9 Å². The monoisotopic (exact) mass is 390 g/mol. The summed E-state index contributed by atoms with van der Waals surface area (Å²) < 4.78 is 4.93. The van der Waals surface area contributed by atoms with Crippen LogP contribution >= 0.6 is 11.6 Å². The van der Waals surface area contributed by atoms with E-state index in [1.54, 1.807) is 24.3 Å². The van der Waals surface area contributed by atoms with Crippen LogP contribution in [0.1, 0.15) is 19.3 Å². The van der Waals surface area contributed by atoms with E-state index in [9.17, 15) is 19.2 Å². The first-order chi connectivity index (χ1) is 12.9. The molecule has 2 aliphatic carbocycles. The molecule has 3 aliphatic rings. The summed E-state index contributed by atoms with van der Waals surface area (Å²) >= 11 is 5.84. The largest absolute Gasteiger partial charge is 0.454 e. The van der Waals surface area contributed by atoms with Crippen LogP contribution in [0, 0.1) is 23.7 Å². The number of hydrogen-bond donors (Lipinski definition) is 1. The summed E-state index contributed by atoms with van der Waals surface area (Å²) in [4.78, 5) is 50.0. The molecule has 0 radical (unpaired) electrons. The number of benzene rings is 1. The fourth-order valence-corrected chi connectivity index (χ4v) is 4.90. The first-order valence-electron chi connectivity index (χ1n) is 9.00. The van der Waals surface area contributed by atoms with Crippen LogP contribution in [0.2, 0.25) is 5.02 Å². The molecule has 0 unspecified atom stereocenters. The maximum absolute atomic E-state index is 12.5. The zero-order chi connectivity index (χ0) is 19.1. The number of esters is 1. The van der Waals surface area contributed by atoms with Crippen LogP contribution in [-0.4, -0.2) is 41.7 Å². The van der Waals surface area contributed by atoms with E-state index in [0.717, 1.165) is 24.2 Å². The molecule has 142 valence electrons. The van der Waals surface area contributed by atoms with Crippen molar-refractivity contribution in [2.45, 2.75) is 19.3 Å². The van der Waals surface area contributed by atoms with Gasteiger partial charge in [-0.3, -0.25) is 24.1 Å². The summed E-state index contributed by atoms with van der Waals surface area (Å²) in [5.74, 6) is -1.84. The van der Waals surface area contributed by atoms with Crippen LogP contribution in [0.5, 0.6) is 0 Å². The van der Waals surface area contributed by atoms with Gasteiger partial charge in [0.15, 0.2) is 6.61 Å². The Bertz CT molecular complexity index is 798. The van der Waals surface area contributed by atoms with Gasteiger partial charge in [-0.05, 0) is 49.3 Å². The second kappa shape index (κ2) is 6.96. The van der Waals surface area contributed by atoms with Gasteiger partial charge >= 0.3 is 5.97 Å². The van der Waals surface area contributed by atoms with Gasteiger partial charge in [0.25, 0.3) is 5.91 Å². The molecule has 1 saturated heterocycles. The molecule has 1 aromatic rings. The number of nitrogens with one attached hydrogen (secondary N) is 1. The van der Waals surface area contributed by atoms with Crippen LogP contribution in [0.25, 0.3) is 0 Å². The SMILES string of the molecule is O=C(COC(=O)CN1C(=O)[C@H]2[C@@H]3CC[C@@H](C3)[C@@H]2C1=O)Nc1cccc(Cl)c1. The molecule has 2 saturated carbocycles. The van der Waals surface area contributed by atoms with Gasteiger partial charge in [-0.15, -0.1) is 0 Å². The Morgan fingerprint density at radius 3 is 2.44 bits per heavy atom. The molecule has 7 nitrogen and oxygen atoms in total. The number of likely N-dealkylation sites (tertiary alicyclic amines) is 1. The molecule has 0 aromatic heterocycles. The lowest BCUT2D eigenvalue weighted by Gasteiger charge is -2.19. The van der Waals surface area contributed by atoms with Crippen molar-refractivity contribution < 1.29 is 23.9 Å². The topological polar surface area (TPSA) is 92.8 Å². The van der Waals surface area contributed by atoms with Gasteiger partial charge in [0.2, 0.25) is 11.8 Å². The molecule has 1 aromatic carbocycles. The first kappa shape index (κ1) is 18.0. The molecule has 0 spiro atoms. The lowest BCUT2D eigenvalue weighted by Crippen LogP contribution is -2.38. The minimum atomic E-state index is -0.773. The molecule has 1 aliphatic heterocycles. The molecular formula is C19H19ClN2O5. The minimum absolute atomic E-state index is 0.265. The highest BCUT2D eigenvalue weighted by atomic mass is 35.5. The quantitative estimate of drug-likeness (QED) is 0.611. The van der Waals surface area contributed by atoms with Crippen molar-refractivity contribution in [2.24, 2.45) is 23.7 Å². The highest BCUT2D eigenvalue weighted by Crippen LogP contribution is 2.56. The van der Waals surface area contributed by atoms with E-state index < -0.39 is 25.0 Å². The smallest absolute Gasteiger partial charge is 0.326 e. The van der Waals surface area contributed by atoms with Crippen LogP contribution in [0.4, 0.5) is 5.69 Å². The molecule has 27 heavy (non-hydrogen) atoms. The van der Waals surface area contributed by atoms with E-state index >= 15 is 0 Å². The standard InChI is InChI=1S/C19H19ClN2O5/c20-12-2-1-3-13(7-12)21-14(23)9-27-15(24)8-22-18(25)16-10-4-5-11(6-10)17(16)19(22)26/h1-3,7,10-11,16-17H,4-6,8-9H2,(H,21,23)/t10-,11+,16-,17-/m0/s1. The van der Waals surface area contributed by atoms with Crippen molar-refractivity contribution in [1.82, 2.24) is 4.90 Å². The third-order valence-electron chi connectivity index (χ3n) is 5.78. The maximum atomic E-state index is 12.5. The average Bonchev–Trinajstić information content (AvgIpc) is 3.30. The number of amides is 3. The minimum Gasteiger partial charge on any atom is -0.454 e. The van der Waals surface area contributed by atoms with E-state index in [0.29, 0.717) is 10.7 Å². The Morgan fingerprint density at radius 1 is 1.15 bits per heavy atom. The van der Waals surface area contributed by atoms with Crippen molar-refractivity contribution in [3.8, 4) is 0 Å². The highest BCUT2D eigenvalue weighted by Gasteiger charge is 2.61. The van der Waals surface area contributed by atoms with Crippen LogP contribution in [0.3, 0.4) is 0 Å². The molecule has 3 fully saturated rings. The number of imide groups is 1. The fourth-order valence-electron chi connectivity index (χ4n) is 4.71. The number of fused-ring (bicyclic) bond motifs is 5. The highest BCUT2D eigenvalue weighted by molar-refractivity contribution is 6.30. The Morgan fingerprint density at radius 2 is 1.81 bits per heavy atom. The zero-order valence-corrected chi connectivity index (χ0v) is 15.3. The van der Waals surface area contributed by atoms with Gasteiger partial charge in [0.05, 0.1) is 11.8 Å². The summed E-state index contributed by atoms with van der Waals surface area (Å²) in [6, 6.07) is 6.57. The Kier molecular flexibility index (Phi) is 4.63. The number of anilines is 1. The van der Waals surface area contributed by atoms with Gasteiger partial charge in [-0.1, -0.05) is 17.7 Å². The molecule has 2 bridgehead atoms. The van der Waals surface area contributed by atoms with E-state index in [2.05, 4.69) is 5.32 Å². The Hall–Kier alpha value is -2.41. The Labute approximate surface area is 161 Å². The molecular weight excluding hydrogens is 372 g/mol. The van der Waals surface area contributed by atoms with Gasteiger partial charge in [0.1, 0.15) is 6.54 Å². The fraction of sp³-hybridized carbons (Fsp3) is 0.474. The molecule has 4 atom stereocenters. The summed E-state index contributed by atoms with van der Waals surface area (Å²) in [7, 11) is 0. The van der Waals surface area contributed by atoms with Crippen molar-refractivity contribution in [3.05, 3.63) is 29.3 Å². The maximum Gasteiger partial charge on any atom is 0.326 e. The van der Waals surface area contributed by atoms with Gasteiger partial charge in [-0.2, -0.15) is 0 Å².